The number of nitrogens with one attached hydrogen (secondary N) is 1. The molecule has 1 amide bonds. The predicted molar refractivity (Wildman–Crippen MR) is 102 cm³/mol. The van der Waals surface area contributed by atoms with Crippen LogP contribution in [0.15, 0.2) is 42.5 Å². The van der Waals surface area contributed by atoms with Gasteiger partial charge in [-0.15, -0.1) is 0 Å². The van der Waals surface area contributed by atoms with Crippen LogP contribution >= 0.6 is 0 Å². The highest BCUT2D eigenvalue weighted by molar-refractivity contribution is 7.92. The zero-order valence-corrected chi connectivity index (χ0v) is 16.1. The topological polar surface area (TPSA) is 66.5 Å². The second-order valence-electron chi connectivity index (χ2n) is 6.25. The van der Waals surface area contributed by atoms with Crippen LogP contribution in [-0.4, -0.2) is 26.6 Å². The molecule has 7 heteroatoms. The van der Waals surface area contributed by atoms with Crippen molar-refractivity contribution in [1.29, 1.82) is 0 Å². The van der Waals surface area contributed by atoms with Crippen molar-refractivity contribution in [2.45, 2.75) is 33.2 Å². The minimum Gasteiger partial charge on any atom is -0.324 e. The Morgan fingerprint density at radius 3 is 2.38 bits per heavy atom. The standard InChI is InChI=1S/C19H23FN2O3S/c1-5-18(19(23)21-16-8-6-7-15(20)12-16)22(26(4,24)25)17-10-9-13(2)14(3)11-17/h6-12,18H,5H2,1-4H3,(H,21,23). The number of benzene rings is 2. The fourth-order valence-corrected chi connectivity index (χ4v) is 3.92. The van der Waals surface area contributed by atoms with E-state index in [1.165, 1.54) is 18.2 Å². The van der Waals surface area contributed by atoms with Crippen LogP contribution in [0, 0.1) is 19.7 Å². The van der Waals surface area contributed by atoms with Crippen molar-refractivity contribution in [2.75, 3.05) is 15.9 Å². The van der Waals surface area contributed by atoms with Crippen molar-refractivity contribution in [3.63, 3.8) is 0 Å². The van der Waals surface area contributed by atoms with Gasteiger partial charge in [0.25, 0.3) is 0 Å². The predicted octanol–water partition coefficient (Wildman–Crippen LogP) is 3.63. The van der Waals surface area contributed by atoms with Gasteiger partial charge in [-0.2, -0.15) is 0 Å². The lowest BCUT2D eigenvalue weighted by molar-refractivity contribution is -0.117. The molecule has 0 radical (unpaired) electrons. The van der Waals surface area contributed by atoms with Gasteiger partial charge in [-0.3, -0.25) is 9.10 Å². The van der Waals surface area contributed by atoms with Crippen molar-refractivity contribution in [3.05, 3.63) is 59.4 Å². The Labute approximate surface area is 153 Å². The van der Waals surface area contributed by atoms with E-state index >= 15 is 0 Å². The number of amides is 1. The van der Waals surface area contributed by atoms with E-state index in [1.54, 1.807) is 25.1 Å². The van der Waals surface area contributed by atoms with E-state index in [2.05, 4.69) is 5.32 Å². The first-order valence-corrected chi connectivity index (χ1v) is 10.1. The van der Waals surface area contributed by atoms with Gasteiger partial charge in [0.15, 0.2) is 0 Å². The molecule has 1 N–H and O–H groups in total. The van der Waals surface area contributed by atoms with Gasteiger partial charge in [0, 0.05) is 5.69 Å². The number of anilines is 2. The number of nitrogens with zero attached hydrogens (tertiary/aromatic N) is 1. The molecule has 0 aliphatic carbocycles. The van der Waals surface area contributed by atoms with Crippen LogP contribution in [0.3, 0.4) is 0 Å². The second-order valence-corrected chi connectivity index (χ2v) is 8.11. The Morgan fingerprint density at radius 2 is 1.85 bits per heavy atom. The first kappa shape index (κ1) is 19.9. The van der Waals surface area contributed by atoms with E-state index in [9.17, 15) is 17.6 Å². The summed E-state index contributed by atoms with van der Waals surface area (Å²) in [6, 6.07) is 9.78. The van der Waals surface area contributed by atoms with Gasteiger partial charge in [-0.05, 0) is 61.7 Å². The lowest BCUT2D eigenvalue weighted by Gasteiger charge is -2.30. The van der Waals surface area contributed by atoms with E-state index in [4.69, 9.17) is 0 Å². The third-order valence-corrected chi connectivity index (χ3v) is 5.35. The zero-order valence-electron chi connectivity index (χ0n) is 15.3. The smallest absolute Gasteiger partial charge is 0.248 e. The molecule has 0 fully saturated rings. The summed E-state index contributed by atoms with van der Waals surface area (Å²) in [5, 5.41) is 2.60. The van der Waals surface area contributed by atoms with Crippen LogP contribution in [0.5, 0.6) is 0 Å². The van der Waals surface area contributed by atoms with Gasteiger partial charge in [0.05, 0.1) is 11.9 Å². The van der Waals surface area contributed by atoms with E-state index in [1.807, 2.05) is 19.9 Å². The number of sulfonamides is 1. The molecule has 0 aliphatic rings. The molecule has 0 heterocycles. The van der Waals surface area contributed by atoms with Crippen molar-refractivity contribution >= 4 is 27.3 Å². The molecular formula is C19H23FN2O3S. The highest BCUT2D eigenvalue weighted by atomic mass is 32.2. The number of hydrogen-bond acceptors (Lipinski definition) is 3. The lowest BCUT2D eigenvalue weighted by Crippen LogP contribution is -2.47. The quantitative estimate of drug-likeness (QED) is 0.835. The summed E-state index contributed by atoms with van der Waals surface area (Å²) >= 11 is 0. The minimum absolute atomic E-state index is 0.265. The van der Waals surface area contributed by atoms with E-state index in [-0.39, 0.29) is 12.1 Å². The third kappa shape index (κ3) is 4.60. The number of halogens is 1. The molecule has 2 aromatic rings. The normalized spacial score (nSPS) is 12.5. The molecule has 0 spiro atoms. The lowest BCUT2D eigenvalue weighted by atomic mass is 10.1. The summed E-state index contributed by atoms with van der Waals surface area (Å²) in [6.07, 6.45) is 1.33. The molecule has 2 rings (SSSR count). The molecule has 5 nitrogen and oxygen atoms in total. The van der Waals surface area contributed by atoms with Gasteiger partial charge >= 0.3 is 0 Å². The molecular weight excluding hydrogens is 355 g/mol. The number of aryl methyl sites for hydroxylation is 2. The van der Waals surface area contributed by atoms with Gasteiger partial charge in [0.1, 0.15) is 11.9 Å². The molecule has 0 saturated carbocycles. The van der Waals surface area contributed by atoms with Gasteiger partial charge in [0.2, 0.25) is 15.9 Å². The Morgan fingerprint density at radius 1 is 1.15 bits per heavy atom. The van der Waals surface area contributed by atoms with Crippen LogP contribution in [0.1, 0.15) is 24.5 Å². The summed E-state index contributed by atoms with van der Waals surface area (Å²) in [5.41, 5.74) is 2.66. The summed E-state index contributed by atoms with van der Waals surface area (Å²) in [5.74, 6) is -0.994. The summed E-state index contributed by atoms with van der Waals surface area (Å²) in [4.78, 5) is 12.7. The third-order valence-electron chi connectivity index (χ3n) is 4.17. The van der Waals surface area contributed by atoms with Gasteiger partial charge < -0.3 is 5.32 Å². The molecule has 0 bridgehead atoms. The maximum atomic E-state index is 13.3. The number of carbonyl (C=O) groups excluding carboxylic acids is 1. The molecule has 0 aliphatic heterocycles. The minimum atomic E-state index is -3.71. The van der Waals surface area contributed by atoms with Gasteiger partial charge in [-0.25, -0.2) is 12.8 Å². The Balaban J connectivity index is 2.40. The molecule has 140 valence electrons. The van der Waals surface area contributed by atoms with Crippen molar-refractivity contribution < 1.29 is 17.6 Å². The summed E-state index contributed by atoms with van der Waals surface area (Å²) in [6.45, 7) is 5.54. The van der Waals surface area contributed by atoms with E-state index < -0.39 is 27.8 Å². The van der Waals surface area contributed by atoms with Crippen LogP contribution < -0.4 is 9.62 Å². The Bertz CT molecular complexity index is 913. The maximum absolute atomic E-state index is 13.3. The van der Waals surface area contributed by atoms with Crippen molar-refractivity contribution in [3.8, 4) is 0 Å². The van der Waals surface area contributed by atoms with Crippen LogP contribution in [0.4, 0.5) is 15.8 Å². The highest BCUT2D eigenvalue weighted by Gasteiger charge is 2.31. The molecule has 26 heavy (non-hydrogen) atoms. The first-order chi connectivity index (χ1) is 12.1. The Kier molecular flexibility index (Phi) is 6.02. The van der Waals surface area contributed by atoms with Crippen molar-refractivity contribution in [2.24, 2.45) is 0 Å². The average Bonchev–Trinajstić information content (AvgIpc) is 2.54. The number of hydrogen-bond donors (Lipinski definition) is 1. The molecule has 0 saturated heterocycles. The molecule has 1 unspecified atom stereocenters. The van der Waals surface area contributed by atoms with E-state index in [0.29, 0.717) is 5.69 Å². The van der Waals surface area contributed by atoms with Crippen LogP contribution in [0.2, 0.25) is 0 Å². The SMILES string of the molecule is CCC(C(=O)Nc1cccc(F)c1)N(c1ccc(C)c(C)c1)S(C)(=O)=O. The van der Waals surface area contributed by atoms with E-state index in [0.717, 1.165) is 21.7 Å². The van der Waals surface area contributed by atoms with Crippen LogP contribution in [-0.2, 0) is 14.8 Å². The summed E-state index contributed by atoms with van der Waals surface area (Å²) in [7, 11) is -3.71. The summed E-state index contributed by atoms with van der Waals surface area (Å²) < 4.78 is 39.3. The highest BCUT2D eigenvalue weighted by Crippen LogP contribution is 2.25. The van der Waals surface area contributed by atoms with Crippen molar-refractivity contribution in [1.82, 2.24) is 0 Å². The fourth-order valence-electron chi connectivity index (χ4n) is 2.71. The monoisotopic (exact) mass is 378 g/mol. The Hall–Kier alpha value is -2.41. The van der Waals surface area contributed by atoms with Gasteiger partial charge in [-0.1, -0.05) is 19.1 Å². The largest absolute Gasteiger partial charge is 0.324 e. The molecule has 1 atom stereocenters. The van der Waals surface area contributed by atoms with Crippen LogP contribution in [0.25, 0.3) is 0 Å². The second kappa shape index (κ2) is 7.86. The zero-order chi connectivity index (χ0) is 19.5. The molecule has 0 aromatic heterocycles. The average molecular weight is 378 g/mol. The molecule has 2 aromatic carbocycles. The first-order valence-electron chi connectivity index (χ1n) is 8.26. The number of carbonyl (C=O) groups is 1. The fraction of sp³-hybridized carbons (Fsp3) is 0.316. The maximum Gasteiger partial charge on any atom is 0.248 e. The number of rotatable bonds is 6.